The maximum Gasteiger partial charge on any atom is 0.343 e. The number of esters is 1. The number of fused-ring (bicyclic) bond motifs is 1. The second-order valence-corrected chi connectivity index (χ2v) is 6.85. The molecule has 1 aromatic heterocycles. The maximum atomic E-state index is 13.0. The lowest BCUT2D eigenvalue weighted by Crippen LogP contribution is -2.10. The Morgan fingerprint density at radius 3 is 2.22 bits per heavy atom. The van der Waals surface area contributed by atoms with E-state index in [9.17, 15) is 9.59 Å². The van der Waals surface area contributed by atoms with Gasteiger partial charge >= 0.3 is 5.97 Å². The summed E-state index contributed by atoms with van der Waals surface area (Å²) in [5.41, 5.74) is 0.298. The van der Waals surface area contributed by atoms with Crippen LogP contribution in [0.15, 0.2) is 75.9 Å². The molecule has 0 bridgehead atoms. The van der Waals surface area contributed by atoms with E-state index >= 15 is 0 Å². The normalized spacial score (nSPS) is 10.6. The van der Waals surface area contributed by atoms with Gasteiger partial charge in [0.05, 0.1) is 25.2 Å². The number of para-hydroxylation sites is 2. The highest BCUT2D eigenvalue weighted by molar-refractivity contribution is 5.91. The molecule has 3 aromatic carbocycles. The number of hydrogen-bond acceptors (Lipinski definition) is 7. The van der Waals surface area contributed by atoms with E-state index in [1.165, 1.54) is 25.3 Å². The molecule has 4 rings (SSSR count). The second-order valence-electron chi connectivity index (χ2n) is 6.85. The van der Waals surface area contributed by atoms with E-state index in [-0.39, 0.29) is 28.3 Å². The smallest absolute Gasteiger partial charge is 0.343 e. The van der Waals surface area contributed by atoms with Gasteiger partial charge in [0.2, 0.25) is 11.2 Å². The molecule has 0 aliphatic rings. The van der Waals surface area contributed by atoms with Gasteiger partial charge in [0.15, 0.2) is 11.5 Å². The average Bonchev–Trinajstić information content (AvgIpc) is 2.82. The van der Waals surface area contributed by atoms with Crippen molar-refractivity contribution in [3.8, 4) is 28.7 Å². The van der Waals surface area contributed by atoms with Crippen LogP contribution < -0.4 is 24.4 Å². The summed E-state index contributed by atoms with van der Waals surface area (Å²) in [6.45, 7) is 1.63. The quantitative estimate of drug-likeness (QED) is 0.308. The summed E-state index contributed by atoms with van der Waals surface area (Å²) in [7, 11) is 3.07. The topological polar surface area (TPSA) is 84.2 Å². The Balaban J connectivity index is 1.63. The number of hydrogen-bond donors (Lipinski definition) is 0. The molecular formula is C25H20O7. The van der Waals surface area contributed by atoms with Crippen LogP contribution in [-0.4, -0.2) is 20.2 Å². The van der Waals surface area contributed by atoms with Crippen LogP contribution >= 0.6 is 0 Å². The molecule has 7 heteroatoms. The number of methoxy groups -OCH3 is 2. The highest BCUT2D eigenvalue weighted by Gasteiger charge is 2.17. The van der Waals surface area contributed by atoms with E-state index < -0.39 is 5.97 Å². The van der Waals surface area contributed by atoms with Gasteiger partial charge in [-0.2, -0.15) is 0 Å². The van der Waals surface area contributed by atoms with Crippen LogP contribution in [0.2, 0.25) is 0 Å². The van der Waals surface area contributed by atoms with E-state index in [1.807, 2.05) is 0 Å². The van der Waals surface area contributed by atoms with Crippen molar-refractivity contribution in [3.05, 3.63) is 88.3 Å². The van der Waals surface area contributed by atoms with Crippen LogP contribution in [0.5, 0.6) is 28.7 Å². The zero-order chi connectivity index (χ0) is 22.7. The third-order valence-corrected chi connectivity index (χ3v) is 4.80. The van der Waals surface area contributed by atoms with Crippen molar-refractivity contribution >= 4 is 16.9 Å². The summed E-state index contributed by atoms with van der Waals surface area (Å²) in [6.07, 6.45) is 0. The van der Waals surface area contributed by atoms with Gasteiger partial charge in [-0.05, 0) is 55.5 Å². The van der Waals surface area contributed by atoms with Gasteiger partial charge in [0, 0.05) is 6.07 Å². The molecule has 0 N–H and O–H groups in total. The second kappa shape index (κ2) is 8.85. The summed E-state index contributed by atoms with van der Waals surface area (Å²) in [6, 6.07) is 18.1. The van der Waals surface area contributed by atoms with Crippen molar-refractivity contribution < 1.29 is 28.2 Å². The fourth-order valence-electron chi connectivity index (χ4n) is 3.16. The van der Waals surface area contributed by atoms with Gasteiger partial charge in [-0.15, -0.1) is 0 Å². The van der Waals surface area contributed by atoms with Crippen molar-refractivity contribution in [2.75, 3.05) is 14.2 Å². The van der Waals surface area contributed by atoms with Crippen molar-refractivity contribution in [1.29, 1.82) is 0 Å². The molecule has 0 radical (unpaired) electrons. The Morgan fingerprint density at radius 1 is 0.844 bits per heavy atom. The summed E-state index contributed by atoms with van der Waals surface area (Å²) in [5, 5.41) is 0.296. The Labute approximate surface area is 183 Å². The van der Waals surface area contributed by atoms with Gasteiger partial charge in [0.1, 0.15) is 22.8 Å². The Kier molecular flexibility index (Phi) is 5.81. The molecule has 4 aromatic rings. The van der Waals surface area contributed by atoms with Gasteiger partial charge in [-0.1, -0.05) is 12.1 Å². The number of carbonyl (C=O) groups is 1. The number of carbonyl (C=O) groups excluding carboxylic acids is 1. The summed E-state index contributed by atoms with van der Waals surface area (Å²) in [4.78, 5) is 25.4. The first kappa shape index (κ1) is 21.0. The van der Waals surface area contributed by atoms with Crippen molar-refractivity contribution in [3.63, 3.8) is 0 Å². The molecule has 0 atom stereocenters. The maximum absolute atomic E-state index is 13.0. The minimum Gasteiger partial charge on any atom is -0.497 e. The van der Waals surface area contributed by atoms with Crippen LogP contribution in [0.1, 0.15) is 16.1 Å². The molecule has 162 valence electrons. The Morgan fingerprint density at radius 2 is 1.53 bits per heavy atom. The van der Waals surface area contributed by atoms with Crippen LogP contribution in [0.25, 0.3) is 11.0 Å². The third-order valence-electron chi connectivity index (χ3n) is 4.80. The fraction of sp³-hybridized carbons (Fsp3) is 0.120. The highest BCUT2D eigenvalue weighted by Crippen LogP contribution is 2.32. The van der Waals surface area contributed by atoms with Gasteiger partial charge in [-0.25, -0.2) is 4.79 Å². The number of benzene rings is 3. The van der Waals surface area contributed by atoms with Gasteiger partial charge < -0.3 is 23.4 Å². The zero-order valence-corrected chi connectivity index (χ0v) is 17.7. The standard InChI is InChI=1S/C25H20O7/c1-15-24(32-21-7-5-4-6-20(21)29-3)23(26)19-13-12-18(14-22(19)30-15)31-25(27)16-8-10-17(28-2)11-9-16/h4-14H,1-3H3. The molecule has 32 heavy (non-hydrogen) atoms. The summed E-state index contributed by atoms with van der Waals surface area (Å²) < 4.78 is 27.4. The molecule has 0 unspecified atom stereocenters. The monoisotopic (exact) mass is 432 g/mol. The Bertz CT molecular complexity index is 1340. The number of rotatable bonds is 6. The molecule has 0 aliphatic heterocycles. The minimum atomic E-state index is -0.540. The average molecular weight is 432 g/mol. The summed E-state index contributed by atoms with van der Waals surface area (Å²) in [5.74, 6) is 1.58. The molecule has 0 aliphatic carbocycles. The largest absolute Gasteiger partial charge is 0.497 e. The fourth-order valence-corrected chi connectivity index (χ4v) is 3.16. The van der Waals surface area contributed by atoms with Crippen LogP contribution in [0.4, 0.5) is 0 Å². The Hall–Kier alpha value is -4.26. The highest BCUT2D eigenvalue weighted by atomic mass is 16.5. The molecule has 0 amide bonds. The first-order chi connectivity index (χ1) is 15.5. The molecule has 1 heterocycles. The predicted molar refractivity (Wildman–Crippen MR) is 118 cm³/mol. The zero-order valence-electron chi connectivity index (χ0n) is 17.7. The third kappa shape index (κ3) is 4.13. The van der Waals surface area contributed by atoms with Crippen molar-refractivity contribution in [1.82, 2.24) is 0 Å². The number of ether oxygens (including phenoxy) is 4. The molecular weight excluding hydrogens is 412 g/mol. The summed E-state index contributed by atoms with van der Waals surface area (Å²) >= 11 is 0. The predicted octanol–water partition coefficient (Wildman–Crippen LogP) is 5.13. The molecule has 7 nitrogen and oxygen atoms in total. The van der Waals surface area contributed by atoms with E-state index in [4.69, 9.17) is 23.4 Å². The SMILES string of the molecule is COc1ccc(C(=O)Oc2ccc3c(=O)c(Oc4ccccc4OC)c(C)oc3c2)cc1. The van der Waals surface area contributed by atoms with Crippen LogP contribution in [-0.2, 0) is 0 Å². The first-order valence-electron chi connectivity index (χ1n) is 9.74. The molecule has 0 fully saturated rings. The molecule has 0 spiro atoms. The number of aryl methyl sites for hydroxylation is 1. The first-order valence-corrected chi connectivity index (χ1v) is 9.74. The van der Waals surface area contributed by atoms with E-state index in [0.717, 1.165) is 0 Å². The van der Waals surface area contributed by atoms with Crippen molar-refractivity contribution in [2.24, 2.45) is 0 Å². The minimum absolute atomic E-state index is 0.0602. The van der Waals surface area contributed by atoms with Crippen LogP contribution in [0, 0.1) is 6.92 Å². The van der Waals surface area contributed by atoms with E-state index in [2.05, 4.69) is 0 Å². The lowest BCUT2D eigenvalue weighted by Gasteiger charge is -2.12. The molecule has 0 saturated carbocycles. The van der Waals surface area contributed by atoms with Crippen molar-refractivity contribution in [2.45, 2.75) is 6.92 Å². The van der Waals surface area contributed by atoms with Gasteiger partial charge in [-0.3, -0.25) is 4.79 Å². The van der Waals surface area contributed by atoms with E-state index in [0.29, 0.717) is 28.2 Å². The van der Waals surface area contributed by atoms with Crippen LogP contribution in [0.3, 0.4) is 0 Å². The lowest BCUT2D eigenvalue weighted by atomic mass is 10.2. The van der Waals surface area contributed by atoms with Gasteiger partial charge in [0.25, 0.3) is 0 Å². The lowest BCUT2D eigenvalue weighted by molar-refractivity contribution is 0.0735. The van der Waals surface area contributed by atoms with E-state index in [1.54, 1.807) is 62.6 Å². The molecule has 0 saturated heterocycles.